The summed E-state index contributed by atoms with van der Waals surface area (Å²) in [5.41, 5.74) is 1.96. The van der Waals surface area contributed by atoms with Crippen LogP contribution in [0.1, 0.15) is 12.0 Å². The van der Waals surface area contributed by atoms with E-state index in [-0.39, 0.29) is 18.4 Å². The van der Waals surface area contributed by atoms with Crippen molar-refractivity contribution >= 4 is 41.7 Å². The Bertz CT molecular complexity index is 670. The van der Waals surface area contributed by atoms with Gasteiger partial charge in [0.1, 0.15) is 5.75 Å². The van der Waals surface area contributed by atoms with Gasteiger partial charge in [-0.05, 0) is 54.5 Å². The minimum Gasteiger partial charge on any atom is -0.494 e. The fourth-order valence-corrected chi connectivity index (χ4v) is 2.10. The Morgan fingerprint density at radius 1 is 1.12 bits per heavy atom. The minimum absolute atomic E-state index is 0. The summed E-state index contributed by atoms with van der Waals surface area (Å²) in [5, 5.41) is 4.04. The number of esters is 1. The molecule has 0 radical (unpaired) electrons. The van der Waals surface area contributed by atoms with E-state index in [2.05, 4.69) is 10.1 Å². The Hall–Kier alpha value is -2.17. The first-order valence-electron chi connectivity index (χ1n) is 7.66. The van der Waals surface area contributed by atoms with Crippen molar-refractivity contribution in [2.45, 2.75) is 6.42 Å². The molecule has 0 heterocycles. The number of rotatable bonds is 8. The highest BCUT2D eigenvalue weighted by atomic mass is 35.5. The molecule has 0 amide bonds. The van der Waals surface area contributed by atoms with Crippen LogP contribution in [0.4, 0.5) is 5.69 Å². The van der Waals surface area contributed by atoms with Crippen LogP contribution in [-0.2, 0) is 9.53 Å². The molecule has 0 aliphatic carbocycles. The van der Waals surface area contributed by atoms with Gasteiger partial charge in [0.25, 0.3) is 0 Å². The zero-order valence-corrected chi connectivity index (χ0v) is 15.5. The van der Waals surface area contributed by atoms with Gasteiger partial charge in [-0.15, -0.1) is 12.4 Å². The smallest absolute Gasteiger partial charge is 0.330 e. The van der Waals surface area contributed by atoms with E-state index in [9.17, 15) is 4.79 Å². The predicted octanol–water partition coefficient (Wildman–Crippen LogP) is 4.83. The lowest BCUT2D eigenvalue weighted by molar-refractivity contribution is -0.134. The molecule has 2 rings (SSSR count). The van der Waals surface area contributed by atoms with E-state index >= 15 is 0 Å². The number of carbonyl (C=O) groups is 1. The van der Waals surface area contributed by atoms with Gasteiger partial charge < -0.3 is 14.8 Å². The van der Waals surface area contributed by atoms with Gasteiger partial charge in [-0.2, -0.15) is 0 Å². The number of ether oxygens (including phenoxy) is 2. The van der Waals surface area contributed by atoms with Crippen LogP contribution >= 0.6 is 24.0 Å². The number of nitrogens with one attached hydrogen (secondary N) is 1. The van der Waals surface area contributed by atoms with Crippen LogP contribution in [0.15, 0.2) is 54.6 Å². The van der Waals surface area contributed by atoms with Gasteiger partial charge >= 0.3 is 5.97 Å². The second-order valence-electron chi connectivity index (χ2n) is 5.06. The molecule has 0 saturated heterocycles. The third kappa shape index (κ3) is 7.96. The third-order valence-electron chi connectivity index (χ3n) is 3.26. The number of methoxy groups -OCH3 is 1. The summed E-state index contributed by atoms with van der Waals surface area (Å²) in [6, 6.07) is 15.1. The molecular weight excluding hydrogens is 361 g/mol. The molecule has 2 aromatic rings. The van der Waals surface area contributed by atoms with Gasteiger partial charge in [0.15, 0.2) is 0 Å². The first-order chi connectivity index (χ1) is 11.7. The summed E-state index contributed by atoms with van der Waals surface area (Å²) in [4.78, 5) is 11.0. The molecule has 0 aliphatic heterocycles. The van der Waals surface area contributed by atoms with Crippen molar-refractivity contribution in [2.75, 3.05) is 25.6 Å². The molecule has 0 unspecified atom stereocenters. The first-order valence-corrected chi connectivity index (χ1v) is 8.03. The monoisotopic (exact) mass is 381 g/mol. The maximum atomic E-state index is 11.0. The number of benzene rings is 2. The van der Waals surface area contributed by atoms with Crippen molar-refractivity contribution in [3.63, 3.8) is 0 Å². The Morgan fingerprint density at radius 2 is 1.80 bits per heavy atom. The zero-order valence-electron chi connectivity index (χ0n) is 13.9. The maximum absolute atomic E-state index is 11.0. The lowest BCUT2D eigenvalue weighted by Crippen LogP contribution is -2.07. The molecule has 1 N–H and O–H groups in total. The van der Waals surface area contributed by atoms with Crippen LogP contribution in [0, 0.1) is 0 Å². The van der Waals surface area contributed by atoms with Crippen LogP contribution < -0.4 is 10.1 Å². The topological polar surface area (TPSA) is 47.6 Å². The van der Waals surface area contributed by atoms with E-state index in [1.54, 1.807) is 6.08 Å². The molecule has 0 saturated carbocycles. The average molecular weight is 382 g/mol. The standard InChI is InChI=1S/C19H20ClNO3.ClH/c1-23-19(22)12-5-15-3-10-18(11-4-15)24-14-2-13-21-17-8-6-16(20)7-9-17;/h3-12,21H,2,13-14H2,1H3;1H. The van der Waals surface area contributed by atoms with Crippen molar-refractivity contribution in [3.8, 4) is 5.75 Å². The highest BCUT2D eigenvalue weighted by Crippen LogP contribution is 2.15. The number of hydrogen-bond acceptors (Lipinski definition) is 4. The molecule has 134 valence electrons. The van der Waals surface area contributed by atoms with E-state index in [1.807, 2.05) is 48.5 Å². The van der Waals surface area contributed by atoms with E-state index in [0.717, 1.165) is 35.0 Å². The second kappa shape index (κ2) is 11.4. The number of halogens is 2. The average Bonchev–Trinajstić information content (AvgIpc) is 2.62. The van der Waals surface area contributed by atoms with Gasteiger partial charge in [0.05, 0.1) is 13.7 Å². The van der Waals surface area contributed by atoms with Gasteiger partial charge in [-0.3, -0.25) is 0 Å². The molecule has 2 aromatic carbocycles. The van der Waals surface area contributed by atoms with Crippen molar-refractivity contribution < 1.29 is 14.3 Å². The van der Waals surface area contributed by atoms with Crippen molar-refractivity contribution in [1.29, 1.82) is 0 Å². The summed E-state index contributed by atoms with van der Waals surface area (Å²) in [6.45, 7) is 1.44. The summed E-state index contributed by atoms with van der Waals surface area (Å²) >= 11 is 5.84. The Morgan fingerprint density at radius 3 is 2.44 bits per heavy atom. The van der Waals surface area contributed by atoms with Crippen molar-refractivity contribution in [2.24, 2.45) is 0 Å². The zero-order chi connectivity index (χ0) is 17.2. The second-order valence-corrected chi connectivity index (χ2v) is 5.50. The normalized spacial score (nSPS) is 10.2. The van der Waals surface area contributed by atoms with E-state index in [1.165, 1.54) is 13.2 Å². The third-order valence-corrected chi connectivity index (χ3v) is 3.51. The van der Waals surface area contributed by atoms with Crippen LogP contribution in [0.3, 0.4) is 0 Å². The molecule has 25 heavy (non-hydrogen) atoms. The van der Waals surface area contributed by atoms with Crippen molar-refractivity contribution in [3.05, 3.63) is 65.2 Å². The molecular formula is C19H21Cl2NO3. The Labute approximate surface area is 159 Å². The van der Waals surface area contributed by atoms with Gasteiger partial charge in [-0.25, -0.2) is 4.79 Å². The highest BCUT2D eigenvalue weighted by Gasteiger charge is 1.96. The summed E-state index contributed by atoms with van der Waals surface area (Å²) in [7, 11) is 1.35. The fraction of sp³-hybridized carbons (Fsp3) is 0.211. The summed E-state index contributed by atoms with van der Waals surface area (Å²) in [6.07, 6.45) is 3.97. The lowest BCUT2D eigenvalue weighted by atomic mass is 10.2. The van der Waals surface area contributed by atoms with E-state index < -0.39 is 0 Å². The maximum Gasteiger partial charge on any atom is 0.330 e. The van der Waals surface area contributed by atoms with Crippen molar-refractivity contribution in [1.82, 2.24) is 0 Å². The quantitative estimate of drug-likeness (QED) is 0.404. The van der Waals surface area contributed by atoms with Crippen LogP contribution in [0.5, 0.6) is 5.75 Å². The number of hydrogen-bond donors (Lipinski definition) is 1. The summed E-state index contributed by atoms with van der Waals surface area (Å²) in [5.74, 6) is 0.431. The minimum atomic E-state index is -0.372. The molecule has 0 aromatic heterocycles. The van der Waals surface area contributed by atoms with Gasteiger partial charge in [0.2, 0.25) is 0 Å². The highest BCUT2D eigenvalue weighted by molar-refractivity contribution is 6.30. The summed E-state index contributed by atoms with van der Waals surface area (Å²) < 4.78 is 10.2. The van der Waals surface area contributed by atoms with E-state index in [4.69, 9.17) is 16.3 Å². The lowest BCUT2D eigenvalue weighted by Gasteiger charge is -2.08. The first kappa shape index (κ1) is 20.9. The van der Waals surface area contributed by atoms with Crippen LogP contribution in [0.2, 0.25) is 5.02 Å². The molecule has 0 spiro atoms. The molecule has 0 bridgehead atoms. The molecule has 6 heteroatoms. The van der Waals surface area contributed by atoms with Crippen LogP contribution in [-0.4, -0.2) is 26.2 Å². The van der Waals surface area contributed by atoms with Gasteiger partial charge in [-0.1, -0.05) is 23.7 Å². The Kier molecular flexibility index (Phi) is 9.51. The van der Waals surface area contributed by atoms with Crippen LogP contribution in [0.25, 0.3) is 6.08 Å². The molecule has 0 fully saturated rings. The molecule has 4 nitrogen and oxygen atoms in total. The fourth-order valence-electron chi connectivity index (χ4n) is 1.97. The number of carbonyl (C=O) groups excluding carboxylic acids is 1. The largest absolute Gasteiger partial charge is 0.494 e. The van der Waals surface area contributed by atoms with E-state index in [0.29, 0.717) is 6.61 Å². The van der Waals surface area contributed by atoms with Gasteiger partial charge in [0, 0.05) is 23.3 Å². The Balaban J connectivity index is 0.00000312. The number of anilines is 1. The SMILES string of the molecule is COC(=O)C=Cc1ccc(OCCCNc2ccc(Cl)cc2)cc1.Cl. The predicted molar refractivity (Wildman–Crippen MR) is 105 cm³/mol. The molecule has 0 aliphatic rings. The molecule has 0 atom stereocenters.